The second kappa shape index (κ2) is 4.77. The van der Waals surface area contributed by atoms with E-state index in [9.17, 15) is 4.79 Å². The fraction of sp³-hybridized carbons (Fsp3) is 0.364. The molecule has 0 fully saturated rings. The summed E-state index contributed by atoms with van der Waals surface area (Å²) >= 11 is 0. The molecule has 1 amide bonds. The molecule has 3 nitrogen and oxygen atoms in total. The van der Waals surface area contributed by atoms with E-state index in [1.807, 2.05) is 31.2 Å². The zero-order valence-electron chi connectivity index (χ0n) is 8.53. The van der Waals surface area contributed by atoms with Gasteiger partial charge in [0, 0.05) is 12.7 Å². The van der Waals surface area contributed by atoms with E-state index in [0.717, 1.165) is 11.3 Å². The molecule has 0 spiro atoms. The van der Waals surface area contributed by atoms with Crippen LogP contribution in [0.25, 0.3) is 0 Å². The number of nitrogens with zero attached hydrogens (tertiary/aromatic N) is 1. The van der Waals surface area contributed by atoms with Crippen LogP contribution in [0, 0.1) is 6.92 Å². The van der Waals surface area contributed by atoms with Gasteiger partial charge in [-0.1, -0.05) is 18.2 Å². The van der Waals surface area contributed by atoms with E-state index in [-0.39, 0.29) is 18.9 Å². The molecule has 0 aliphatic carbocycles. The molecule has 1 N–H and O–H groups in total. The fourth-order valence-corrected chi connectivity index (χ4v) is 1.34. The van der Waals surface area contributed by atoms with Gasteiger partial charge in [-0.15, -0.1) is 0 Å². The average Bonchev–Trinajstić information content (AvgIpc) is 2.18. The molecule has 0 radical (unpaired) electrons. The van der Waals surface area contributed by atoms with Gasteiger partial charge in [-0.2, -0.15) is 0 Å². The summed E-state index contributed by atoms with van der Waals surface area (Å²) in [4.78, 5) is 13.0. The maximum absolute atomic E-state index is 11.5. The molecule has 0 aliphatic rings. The third-order valence-corrected chi connectivity index (χ3v) is 2.18. The van der Waals surface area contributed by atoms with Crippen molar-refractivity contribution in [1.29, 1.82) is 0 Å². The van der Waals surface area contributed by atoms with Gasteiger partial charge in [-0.25, -0.2) is 0 Å². The highest BCUT2D eigenvalue weighted by Gasteiger charge is 2.11. The number of para-hydroxylation sites is 1. The van der Waals surface area contributed by atoms with Crippen LogP contribution >= 0.6 is 0 Å². The van der Waals surface area contributed by atoms with Crippen LogP contribution in [0.4, 0.5) is 5.69 Å². The second-order valence-electron chi connectivity index (χ2n) is 3.21. The average molecular weight is 193 g/mol. The molecule has 3 heteroatoms. The van der Waals surface area contributed by atoms with Gasteiger partial charge in [-0.05, 0) is 18.6 Å². The molecule has 0 aromatic heterocycles. The number of carbonyl (C=O) groups excluding carboxylic acids is 1. The van der Waals surface area contributed by atoms with Crippen molar-refractivity contribution in [3.63, 3.8) is 0 Å². The van der Waals surface area contributed by atoms with Crippen molar-refractivity contribution in [2.45, 2.75) is 13.3 Å². The number of aryl methyl sites for hydroxylation is 1. The Hall–Kier alpha value is -1.35. The Morgan fingerprint density at radius 3 is 2.64 bits per heavy atom. The summed E-state index contributed by atoms with van der Waals surface area (Å²) in [6.45, 7) is 1.85. The molecule has 1 rings (SSSR count). The van der Waals surface area contributed by atoms with Crippen LogP contribution in [0.2, 0.25) is 0 Å². The highest BCUT2D eigenvalue weighted by molar-refractivity contribution is 5.93. The Morgan fingerprint density at radius 1 is 1.43 bits per heavy atom. The minimum atomic E-state index is -0.102. The molecule has 0 heterocycles. The van der Waals surface area contributed by atoms with Crippen LogP contribution in [0.3, 0.4) is 0 Å². The largest absolute Gasteiger partial charge is 0.396 e. The van der Waals surface area contributed by atoms with Gasteiger partial charge in [0.05, 0.1) is 13.0 Å². The molecule has 14 heavy (non-hydrogen) atoms. The van der Waals surface area contributed by atoms with Crippen LogP contribution < -0.4 is 4.90 Å². The van der Waals surface area contributed by atoms with Crippen molar-refractivity contribution in [1.82, 2.24) is 0 Å². The molecule has 0 saturated carbocycles. The number of anilines is 1. The predicted octanol–water partition coefficient (Wildman–Crippen LogP) is 1.34. The molecule has 1 aromatic carbocycles. The van der Waals surface area contributed by atoms with Gasteiger partial charge in [0.25, 0.3) is 0 Å². The number of benzene rings is 1. The molecule has 0 unspecified atom stereocenters. The monoisotopic (exact) mass is 193 g/mol. The van der Waals surface area contributed by atoms with Gasteiger partial charge < -0.3 is 10.0 Å². The zero-order valence-corrected chi connectivity index (χ0v) is 8.53. The van der Waals surface area contributed by atoms with E-state index >= 15 is 0 Å². The van der Waals surface area contributed by atoms with Crippen molar-refractivity contribution in [2.75, 3.05) is 18.6 Å². The number of carbonyl (C=O) groups is 1. The van der Waals surface area contributed by atoms with E-state index < -0.39 is 0 Å². The first-order valence-electron chi connectivity index (χ1n) is 4.60. The normalized spacial score (nSPS) is 9.93. The molecule has 0 saturated heterocycles. The predicted molar refractivity (Wildman–Crippen MR) is 56.3 cm³/mol. The lowest BCUT2D eigenvalue weighted by molar-refractivity contribution is -0.118. The number of rotatable bonds is 3. The molecular weight excluding hydrogens is 178 g/mol. The number of amides is 1. The van der Waals surface area contributed by atoms with E-state index in [2.05, 4.69) is 0 Å². The maximum Gasteiger partial charge on any atom is 0.229 e. The first kappa shape index (κ1) is 10.7. The van der Waals surface area contributed by atoms with Crippen LogP contribution in [0.5, 0.6) is 0 Å². The smallest absolute Gasteiger partial charge is 0.229 e. The molecule has 0 aliphatic heterocycles. The SMILES string of the molecule is Cc1ccccc1N(C)C(=O)CCO. The van der Waals surface area contributed by atoms with E-state index in [1.54, 1.807) is 11.9 Å². The first-order chi connectivity index (χ1) is 6.66. The summed E-state index contributed by atoms with van der Waals surface area (Å²) < 4.78 is 0. The van der Waals surface area contributed by atoms with E-state index in [0.29, 0.717) is 0 Å². The van der Waals surface area contributed by atoms with Gasteiger partial charge in [0.15, 0.2) is 0 Å². The maximum atomic E-state index is 11.5. The van der Waals surface area contributed by atoms with Gasteiger partial charge in [0.2, 0.25) is 5.91 Å². The van der Waals surface area contributed by atoms with Crippen molar-refractivity contribution in [3.8, 4) is 0 Å². The summed E-state index contributed by atoms with van der Waals surface area (Å²) in [5.74, 6) is -0.0678. The van der Waals surface area contributed by atoms with Crippen molar-refractivity contribution in [2.24, 2.45) is 0 Å². The summed E-state index contributed by atoms with van der Waals surface area (Å²) in [5, 5.41) is 8.65. The third-order valence-electron chi connectivity index (χ3n) is 2.18. The highest BCUT2D eigenvalue weighted by atomic mass is 16.3. The molecular formula is C11H15NO2. The number of hydrogen-bond donors (Lipinski definition) is 1. The standard InChI is InChI=1S/C11H15NO2/c1-9-5-3-4-6-10(9)12(2)11(14)7-8-13/h3-6,13H,7-8H2,1-2H3. The zero-order chi connectivity index (χ0) is 10.6. The number of hydrogen-bond acceptors (Lipinski definition) is 2. The van der Waals surface area contributed by atoms with Crippen LogP contribution in [-0.2, 0) is 4.79 Å². The molecule has 1 aromatic rings. The number of aliphatic hydroxyl groups is 1. The van der Waals surface area contributed by atoms with Gasteiger partial charge in [-0.3, -0.25) is 4.79 Å². The van der Waals surface area contributed by atoms with Crippen LogP contribution in [0.1, 0.15) is 12.0 Å². The summed E-state index contributed by atoms with van der Waals surface area (Å²) in [6.07, 6.45) is 0.171. The first-order valence-corrected chi connectivity index (χ1v) is 4.60. The second-order valence-corrected chi connectivity index (χ2v) is 3.21. The van der Waals surface area contributed by atoms with E-state index in [1.165, 1.54) is 0 Å². The van der Waals surface area contributed by atoms with Crippen molar-refractivity contribution in [3.05, 3.63) is 29.8 Å². The lowest BCUT2D eigenvalue weighted by Gasteiger charge is -2.18. The van der Waals surface area contributed by atoms with Crippen molar-refractivity contribution >= 4 is 11.6 Å². The lowest BCUT2D eigenvalue weighted by atomic mass is 10.2. The highest BCUT2D eigenvalue weighted by Crippen LogP contribution is 2.18. The van der Waals surface area contributed by atoms with Gasteiger partial charge >= 0.3 is 0 Å². The van der Waals surface area contributed by atoms with Gasteiger partial charge in [0.1, 0.15) is 0 Å². The Labute approximate surface area is 84.0 Å². The Bertz CT molecular complexity index is 323. The fourth-order valence-electron chi connectivity index (χ4n) is 1.34. The third kappa shape index (κ3) is 2.33. The minimum Gasteiger partial charge on any atom is -0.396 e. The molecule has 0 atom stereocenters. The topological polar surface area (TPSA) is 40.5 Å². The Balaban J connectivity index is 2.84. The van der Waals surface area contributed by atoms with Crippen LogP contribution in [0.15, 0.2) is 24.3 Å². The van der Waals surface area contributed by atoms with E-state index in [4.69, 9.17) is 5.11 Å². The Morgan fingerprint density at radius 2 is 2.07 bits per heavy atom. The molecule has 76 valence electrons. The summed E-state index contributed by atoms with van der Waals surface area (Å²) in [6, 6.07) is 7.68. The minimum absolute atomic E-state index is 0.0678. The Kier molecular flexibility index (Phi) is 3.65. The quantitative estimate of drug-likeness (QED) is 0.787. The summed E-state index contributed by atoms with van der Waals surface area (Å²) in [7, 11) is 1.72. The number of aliphatic hydroxyl groups excluding tert-OH is 1. The van der Waals surface area contributed by atoms with Crippen molar-refractivity contribution < 1.29 is 9.90 Å². The molecule has 0 bridgehead atoms. The van der Waals surface area contributed by atoms with Crippen LogP contribution in [-0.4, -0.2) is 24.7 Å². The summed E-state index contributed by atoms with van der Waals surface area (Å²) in [5.41, 5.74) is 1.95. The lowest BCUT2D eigenvalue weighted by Crippen LogP contribution is -2.27.